The number of likely N-dealkylation sites (N-methyl/N-ethyl adjacent to an activating group) is 1. The summed E-state index contributed by atoms with van der Waals surface area (Å²) in [4.78, 5) is 37.8. The molecule has 0 aliphatic heterocycles. The molecule has 1 saturated carbocycles. The summed E-state index contributed by atoms with van der Waals surface area (Å²) in [5.41, 5.74) is 0.288. The second-order valence-electron chi connectivity index (χ2n) is 7.49. The molecule has 1 unspecified atom stereocenters. The smallest absolute Gasteiger partial charge is 0.317 e. The summed E-state index contributed by atoms with van der Waals surface area (Å²) in [5, 5.41) is 14.6. The van der Waals surface area contributed by atoms with Crippen molar-refractivity contribution in [3.05, 3.63) is 35.6 Å². The molecule has 1 aliphatic carbocycles. The standard InChI is InChI=1S/C20H28FN3O4/c1-4-24(11-17(25)26)16-9-15(10-16)22-20(28)18(12(2)3)23-19(27)13-5-7-14(21)8-6-13/h5-8,12,15-16,18H,4,9-11H2,1-3H3,(H,22,28)(H,23,27)(H,25,26). The number of carbonyl (C=O) groups is 3. The third-order valence-electron chi connectivity index (χ3n) is 5.06. The van der Waals surface area contributed by atoms with Crippen molar-refractivity contribution >= 4 is 17.8 Å². The number of nitrogens with one attached hydrogen (secondary N) is 2. The van der Waals surface area contributed by atoms with Crippen LogP contribution in [0, 0.1) is 11.7 Å². The molecule has 0 bridgehead atoms. The van der Waals surface area contributed by atoms with Gasteiger partial charge < -0.3 is 15.7 Å². The Bertz CT molecular complexity index is 702. The molecule has 1 atom stereocenters. The monoisotopic (exact) mass is 393 g/mol. The van der Waals surface area contributed by atoms with Crippen molar-refractivity contribution < 1.29 is 23.9 Å². The maximum absolute atomic E-state index is 13.0. The minimum atomic E-state index is -0.863. The maximum atomic E-state index is 13.0. The average molecular weight is 393 g/mol. The van der Waals surface area contributed by atoms with Crippen LogP contribution < -0.4 is 10.6 Å². The molecule has 1 fully saturated rings. The highest BCUT2D eigenvalue weighted by Crippen LogP contribution is 2.25. The Morgan fingerprint density at radius 2 is 1.82 bits per heavy atom. The summed E-state index contributed by atoms with van der Waals surface area (Å²) in [5.74, 6) is -2.12. The summed E-state index contributed by atoms with van der Waals surface area (Å²) in [6.45, 7) is 6.22. The zero-order chi connectivity index (χ0) is 20.8. The van der Waals surface area contributed by atoms with Crippen LogP contribution in [0.3, 0.4) is 0 Å². The van der Waals surface area contributed by atoms with Crippen LogP contribution in [0.15, 0.2) is 24.3 Å². The topological polar surface area (TPSA) is 98.7 Å². The molecule has 1 aromatic carbocycles. The van der Waals surface area contributed by atoms with Crippen molar-refractivity contribution in [2.75, 3.05) is 13.1 Å². The molecular weight excluding hydrogens is 365 g/mol. The summed E-state index contributed by atoms with van der Waals surface area (Å²) in [7, 11) is 0. The van der Waals surface area contributed by atoms with Crippen LogP contribution in [0.5, 0.6) is 0 Å². The van der Waals surface area contributed by atoms with E-state index in [0.717, 1.165) is 0 Å². The molecule has 2 amide bonds. The fourth-order valence-electron chi connectivity index (χ4n) is 3.33. The van der Waals surface area contributed by atoms with Gasteiger partial charge in [-0.2, -0.15) is 0 Å². The van der Waals surface area contributed by atoms with Gasteiger partial charge in [0.15, 0.2) is 0 Å². The first kappa shape index (κ1) is 21.8. The molecule has 0 aromatic heterocycles. The third kappa shape index (κ3) is 5.76. The van der Waals surface area contributed by atoms with Gasteiger partial charge in [-0.05, 0) is 49.6 Å². The zero-order valence-electron chi connectivity index (χ0n) is 16.4. The van der Waals surface area contributed by atoms with E-state index in [-0.39, 0.29) is 36.0 Å². The van der Waals surface area contributed by atoms with Crippen molar-refractivity contribution in [2.45, 2.75) is 51.7 Å². The largest absolute Gasteiger partial charge is 0.480 e. The van der Waals surface area contributed by atoms with Crippen molar-refractivity contribution in [3.63, 3.8) is 0 Å². The SMILES string of the molecule is CCN(CC(=O)O)C1CC(NC(=O)C(NC(=O)c2ccc(F)cc2)C(C)C)C1. The van der Waals surface area contributed by atoms with Crippen LogP contribution in [0.2, 0.25) is 0 Å². The lowest BCUT2D eigenvalue weighted by Gasteiger charge is -2.42. The van der Waals surface area contributed by atoms with E-state index < -0.39 is 23.7 Å². The number of amides is 2. The van der Waals surface area contributed by atoms with Crippen LogP contribution in [0.1, 0.15) is 44.0 Å². The van der Waals surface area contributed by atoms with Crippen LogP contribution in [-0.2, 0) is 9.59 Å². The van der Waals surface area contributed by atoms with Gasteiger partial charge in [0.2, 0.25) is 5.91 Å². The van der Waals surface area contributed by atoms with Gasteiger partial charge in [0.25, 0.3) is 5.91 Å². The number of carboxylic acid groups (broad SMARTS) is 1. The molecule has 0 saturated heterocycles. The first-order valence-electron chi connectivity index (χ1n) is 9.53. The quantitative estimate of drug-likeness (QED) is 0.592. The fraction of sp³-hybridized carbons (Fsp3) is 0.550. The molecule has 2 rings (SSSR count). The Balaban J connectivity index is 1.89. The number of carbonyl (C=O) groups excluding carboxylic acids is 2. The van der Waals surface area contributed by atoms with Gasteiger partial charge in [0.1, 0.15) is 11.9 Å². The predicted octanol–water partition coefficient (Wildman–Crippen LogP) is 1.63. The number of nitrogens with zero attached hydrogens (tertiary/aromatic N) is 1. The molecule has 0 spiro atoms. The lowest BCUT2D eigenvalue weighted by Crippen LogP contribution is -2.58. The van der Waals surface area contributed by atoms with Gasteiger partial charge in [0, 0.05) is 17.6 Å². The summed E-state index contributed by atoms with van der Waals surface area (Å²) in [6.07, 6.45) is 1.37. The number of hydrogen-bond donors (Lipinski definition) is 3. The summed E-state index contributed by atoms with van der Waals surface area (Å²) in [6, 6.07) is 4.53. The van der Waals surface area contributed by atoms with Gasteiger partial charge in [-0.25, -0.2) is 4.39 Å². The zero-order valence-corrected chi connectivity index (χ0v) is 16.4. The molecule has 154 valence electrons. The van der Waals surface area contributed by atoms with Gasteiger partial charge in [0.05, 0.1) is 6.54 Å². The third-order valence-corrected chi connectivity index (χ3v) is 5.06. The van der Waals surface area contributed by atoms with E-state index in [1.165, 1.54) is 24.3 Å². The normalized spacial score (nSPS) is 19.8. The highest BCUT2D eigenvalue weighted by Gasteiger charge is 2.36. The second kappa shape index (κ2) is 9.64. The Labute approximate surface area is 164 Å². The maximum Gasteiger partial charge on any atom is 0.317 e. The van der Waals surface area contributed by atoms with Crippen LogP contribution in [-0.4, -0.2) is 59.0 Å². The second-order valence-corrected chi connectivity index (χ2v) is 7.49. The van der Waals surface area contributed by atoms with Crippen molar-refractivity contribution in [3.8, 4) is 0 Å². The molecule has 0 radical (unpaired) electrons. The van der Waals surface area contributed by atoms with Crippen molar-refractivity contribution in [1.29, 1.82) is 0 Å². The Morgan fingerprint density at radius 3 is 2.32 bits per heavy atom. The summed E-state index contributed by atoms with van der Waals surface area (Å²) >= 11 is 0. The minimum absolute atomic E-state index is 0.00974. The van der Waals surface area contributed by atoms with Crippen LogP contribution in [0.4, 0.5) is 4.39 Å². The molecule has 8 heteroatoms. The van der Waals surface area contributed by atoms with Crippen LogP contribution in [0.25, 0.3) is 0 Å². The number of rotatable bonds is 9. The summed E-state index contributed by atoms with van der Waals surface area (Å²) < 4.78 is 13.0. The Kier molecular flexibility index (Phi) is 7.51. The molecular formula is C20H28FN3O4. The highest BCUT2D eigenvalue weighted by molar-refractivity contribution is 5.97. The number of carboxylic acids is 1. The Morgan fingerprint density at radius 1 is 1.21 bits per heavy atom. The van der Waals surface area contributed by atoms with Gasteiger partial charge in [-0.15, -0.1) is 0 Å². The molecule has 28 heavy (non-hydrogen) atoms. The van der Waals surface area contributed by atoms with Gasteiger partial charge >= 0.3 is 5.97 Å². The highest BCUT2D eigenvalue weighted by atomic mass is 19.1. The van der Waals surface area contributed by atoms with E-state index in [9.17, 15) is 18.8 Å². The Hall–Kier alpha value is -2.48. The van der Waals surface area contributed by atoms with E-state index in [1.54, 1.807) is 0 Å². The van der Waals surface area contributed by atoms with Gasteiger partial charge in [-0.1, -0.05) is 20.8 Å². The fourth-order valence-corrected chi connectivity index (χ4v) is 3.33. The predicted molar refractivity (Wildman–Crippen MR) is 102 cm³/mol. The molecule has 0 heterocycles. The number of hydrogen-bond acceptors (Lipinski definition) is 4. The van der Waals surface area contributed by atoms with Crippen LogP contribution >= 0.6 is 0 Å². The van der Waals surface area contributed by atoms with E-state index >= 15 is 0 Å². The van der Waals surface area contributed by atoms with Crippen molar-refractivity contribution in [1.82, 2.24) is 15.5 Å². The lowest BCUT2D eigenvalue weighted by molar-refractivity contribution is -0.140. The van der Waals surface area contributed by atoms with Gasteiger partial charge in [-0.3, -0.25) is 19.3 Å². The number of benzene rings is 1. The molecule has 3 N–H and O–H groups in total. The van der Waals surface area contributed by atoms with E-state index in [0.29, 0.717) is 19.4 Å². The number of aliphatic carboxylic acids is 1. The number of halogens is 1. The average Bonchev–Trinajstić information content (AvgIpc) is 2.60. The first-order chi connectivity index (χ1) is 13.2. The molecule has 7 nitrogen and oxygen atoms in total. The van der Waals surface area contributed by atoms with E-state index in [4.69, 9.17) is 5.11 Å². The minimum Gasteiger partial charge on any atom is -0.480 e. The van der Waals surface area contributed by atoms with E-state index in [2.05, 4.69) is 10.6 Å². The first-order valence-corrected chi connectivity index (χ1v) is 9.53. The van der Waals surface area contributed by atoms with Crippen molar-refractivity contribution in [2.24, 2.45) is 5.92 Å². The molecule has 1 aromatic rings. The lowest BCUT2D eigenvalue weighted by atomic mass is 9.85. The molecule has 1 aliphatic rings. The van der Waals surface area contributed by atoms with E-state index in [1.807, 2.05) is 25.7 Å².